The number of rotatable bonds is 5. The number of pyridine rings is 1. The molecule has 0 radical (unpaired) electrons. The maximum absolute atomic E-state index is 5.97. The molecule has 1 aliphatic rings. The molecule has 1 aliphatic heterocycles. The highest BCUT2D eigenvalue weighted by Gasteiger charge is 2.24. The molecule has 0 spiro atoms. The third-order valence-corrected chi connectivity index (χ3v) is 3.98. The lowest BCUT2D eigenvalue weighted by atomic mass is 9.96. The molecule has 4 heteroatoms. The molecule has 116 valence electrons. The third kappa shape index (κ3) is 3.13. The third-order valence-electron chi connectivity index (χ3n) is 3.98. The minimum absolute atomic E-state index is 0.125. The van der Waals surface area contributed by atoms with Crippen LogP contribution in [0.5, 0.6) is 5.75 Å². The van der Waals surface area contributed by atoms with Crippen LogP contribution in [0.4, 0.5) is 0 Å². The van der Waals surface area contributed by atoms with Crippen LogP contribution in [0.3, 0.4) is 0 Å². The highest BCUT2D eigenvalue weighted by Crippen LogP contribution is 2.35. The lowest BCUT2D eigenvalue weighted by Crippen LogP contribution is -2.31. The van der Waals surface area contributed by atoms with E-state index in [9.17, 15) is 0 Å². The summed E-state index contributed by atoms with van der Waals surface area (Å²) in [6, 6.07) is 10.6. The Hall–Kier alpha value is -1.91. The molecule has 3 rings (SSSR count). The van der Waals surface area contributed by atoms with Crippen molar-refractivity contribution in [1.29, 1.82) is 0 Å². The minimum atomic E-state index is 0.125. The number of aryl methyl sites for hydroxylation is 1. The van der Waals surface area contributed by atoms with E-state index < -0.39 is 0 Å². The van der Waals surface area contributed by atoms with Crippen molar-refractivity contribution in [3.05, 3.63) is 58.9 Å². The highest BCUT2D eigenvalue weighted by molar-refractivity contribution is 5.46. The second kappa shape index (κ2) is 6.90. The zero-order chi connectivity index (χ0) is 15.4. The molecule has 2 N–H and O–H groups in total. The first-order valence-corrected chi connectivity index (χ1v) is 7.91. The average Bonchev–Trinajstić information content (AvgIpc) is 2.69. The van der Waals surface area contributed by atoms with Crippen LogP contribution in [-0.4, -0.2) is 24.6 Å². The number of nitrogens with zero attached hydrogens (tertiary/aromatic N) is 1. The zero-order valence-corrected chi connectivity index (χ0v) is 13.2. The summed E-state index contributed by atoms with van der Waals surface area (Å²) in [5, 5.41) is 7.01. The fourth-order valence-corrected chi connectivity index (χ4v) is 2.87. The van der Waals surface area contributed by atoms with E-state index in [1.54, 1.807) is 0 Å². The van der Waals surface area contributed by atoms with Crippen molar-refractivity contribution < 1.29 is 4.74 Å². The first kappa shape index (κ1) is 15.0. The lowest BCUT2D eigenvalue weighted by Gasteiger charge is -2.21. The van der Waals surface area contributed by atoms with Gasteiger partial charge in [-0.3, -0.25) is 4.98 Å². The smallest absolute Gasteiger partial charge is 0.131 e. The predicted octanol–water partition coefficient (Wildman–Crippen LogP) is 2.57. The fourth-order valence-electron chi connectivity index (χ4n) is 2.87. The Morgan fingerprint density at radius 2 is 2.14 bits per heavy atom. The molecule has 2 aromatic rings. The van der Waals surface area contributed by atoms with Crippen LogP contribution in [-0.2, 0) is 6.61 Å². The Balaban J connectivity index is 1.95. The second-order valence-electron chi connectivity index (χ2n) is 5.61. The Bertz CT molecular complexity index is 642. The summed E-state index contributed by atoms with van der Waals surface area (Å²) < 4.78 is 5.97. The molecule has 0 fully saturated rings. The van der Waals surface area contributed by atoms with Crippen molar-refractivity contribution >= 4 is 0 Å². The van der Waals surface area contributed by atoms with E-state index in [0.29, 0.717) is 6.61 Å². The average molecular weight is 297 g/mol. The van der Waals surface area contributed by atoms with Crippen LogP contribution in [0.2, 0.25) is 0 Å². The topological polar surface area (TPSA) is 46.2 Å². The van der Waals surface area contributed by atoms with Crippen molar-refractivity contribution in [1.82, 2.24) is 15.6 Å². The van der Waals surface area contributed by atoms with Crippen molar-refractivity contribution in [2.45, 2.75) is 26.5 Å². The van der Waals surface area contributed by atoms with Crippen molar-refractivity contribution in [2.24, 2.45) is 0 Å². The summed E-state index contributed by atoms with van der Waals surface area (Å²) >= 11 is 0. The van der Waals surface area contributed by atoms with Gasteiger partial charge in [0.15, 0.2) is 0 Å². The van der Waals surface area contributed by atoms with Crippen molar-refractivity contribution in [3.63, 3.8) is 0 Å². The number of hydrogen-bond acceptors (Lipinski definition) is 4. The van der Waals surface area contributed by atoms with Crippen LogP contribution in [0, 0.1) is 6.92 Å². The van der Waals surface area contributed by atoms with E-state index in [0.717, 1.165) is 31.1 Å². The first-order chi connectivity index (χ1) is 10.8. The summed E-state index contributed by atoms with van der Waals surface area (Å²) in [5.41, 5.74) is 4.66. The van der Waals surface area contributed by atoms with E-state index >= 15 is 0 Å². The summed E-state index contributed by atoms with van der Waals surface area (Å²) in [6.07, 6.45) is 1.83. The molecule has 2 heterocycles. The second-order valence-corrected chi connectivity index (χ2v) is 5.61. The molecule has 0 bridgehead atoms. The van der Waals surface area contributed by atoms with E-state index in [1.165, 1.54) is 16.7 Å². The SMILES string of the molecule is CCNCCNC1c2cc(C)ccc2OCc2ncccc21. The van der Waals surface area contributed by atoms with Gasteiger partial charge in [-0.2, -0.15) is 0 Å². The molecule has 1 aromatic carbocycles. The number of likely N-dealkylation sites (N-methyl/N-ethyl adjacent to an activating group) is 1. The summed E-state index contributed by atoms with van der Waals surface area (Å²) in [5.74, 6) is 0.949. The van der Waals surface area contributed by atoms with Gasteiger partial charge in [0.2, 0.25) is 0 Å². The first-order valence-electron chi connectivity index (χ1n) is 7.91. The van der Waals surface area contributed by atoms with Gasteiger partial charge in [-0.15, -0.1) is 0 Å². The van der Waals surface area contributed by atoms with Gasteiger partial charge in [0, 0.05) is 24.8 Å². The van der Waals surface area contributed by atoms with E-state index in [1.807, 2.05) is 12.3 Å². The van der Waals surface area contributed by atoms with Gasteiger partial charge in [0.05, 0.1) is 11.7 Å². The molecule has 1 atom stereocenters. The number of benzene rings is 1. The maximum Gasteiger partial charge on any atom is 0.131 e. The standard InChI is InChI=1S/C18H23N3O/c1-3-19-9-10-21-18-14-5-4-8-20-16(14)12-22-17-7-6-13(2)11-15(17)18/h4-8,11,18-19,21H,3,9-10,12H2,1-2H3. The fraction of sp³-hybridized carbons (Fsp3) is 0.389. The molecular weight excluding hydrogens is 274 g/mol. The maximum atomic E-state index is 5.97. The van der Waals surface area contributed by atoms with Crippen molar-refractivity contribution in [2.75, 3.05) is 19.6 Å². The Morgan fingerprint density at radius 3 is 3.00 bits per heavy atom. The number of fused-ring (bicyclic) bond motifs is 2. The van der Waals surface area contributed by atoms with Gasteiger partial charge in [0.25, 0.3) is 0 Å². The monoisotopic (exact) mass is 297 g/mol. The van der Waals surface area contributed by atoms with Crippen LogP contribution in [0.25, 0.3) is 0 Å². The molecule has 1 unspecified atom stereocenters. The summed E-state index contributed by atoms with van der Waals surface area (Å²) in [7, 11) is 0. The summed E-state index contributed by atoms with van der Waals surface area (Å²) in [6.45, 7) is 7.61. The summed E-state index contributed by atoms with van der Waals surface area (Å²) in [4.78, 5) is 4.50. The molecular formula is C18H23N3O. The van der Waals surface area contributed by atoms with Gasteiger partial charge in [-0.25, -0.2) is 0 Å². The Kier molecular flexibility index (Phi) is 4.71. The van der Waals surface area contributed by atoms with Gasteiger partial charge in [0.1, 0.15) is 12.4 Å². The van der Waals surface area contributed by atoms with Gasteiger partial charge in [-0.05, 0) is 31.2 Å². The van der Waals surface area contributed by atoms with Gasteiger partial charge >= 0.3 is 0 Å². The molecule has 4 nitrogen and oxygen atoms in total. The predicted molar refractivity (Wildman–Crippen MR) is 88.1 cm³/mol. The number of aromatic nitrogens is 1. The molecule has 0 saturated carbocycles. The van der Waals surface area contributed by atoms with E-state index in [-0.39, 0.29) is 6.04 Å². The van der Waals surface area contributed by atoms with Crippen LogP contribution >= 0.6 is 0 Å². The van der Waals surface area contributed by atoms with Gasteiger partial charge in [-0.1, -0.05) is 30.7 Å². The zero-order valence-electron chi connectivity index (χ0n) is 13.2. The molecule has 0 saturated heterocycles. The van der Waals surface area contributed by atoms with Crippen LogP contribution in [0.15, 0.2) is 36.5 Å². The van der Waals surface area contributed by atoms with Gasteiger partial charge < -0.3 is 15.4 Å². The van der Waals surface area contributed by atoms with Crippen molar-refractivity contribution in [3.8, 4) is 5.75 Å². The Morgan fingerprint density at radius 1 is 1.23 bits per heavy atom. The number of ether oxygens (including phenoxy) is 1. The molecule has 22 heavy (non-hydrogen) atoms. The molecule has 0 amide bonds. The van der Waals surface area contributed by atoms with E-state index in [2.05, 4.69) is 53.7 Å². The normalized spacial score (nSPS) is 16.4. The largest absolute Gasteiger partial charge is 0.487 e. The molecule has 1 aromatic heterocycles. The highest BCUT2D eigenvalue weighted by atomic mass is 16.5. The Labute approximate surface area is 131 Å². The lowest BCUT2D eigenvalue weighted by molar-refractivity contribution is 0.302. The quantitative estimate of drug-likeness (QED) is 0.833. The van der Waals surface area contributed by atoms with Crippen LogP contribution in [0.1, 0.15) is 35.3 Å². The number of nitrogens with one attached hydrogen (secondary N) is 2. The molecule has 0 aliphatic carbocycles. The van der Waals surface area contributed by atoms with E-state index in [4.69, 9.17) is 4.74 Å². The minimum Gasteiger partial charge on any atom is -0.487 e. The number of hydrogen-bond donors (Lipinski definition) is 2. The van der Waals surface area contributed by atoms with Crippen LogP contribution < -0.4 is 15.4 Å².